The van der Waals surface area contributed by atoms with Gasteiger partial charge < -0.3 is 14.8 Å². The minimum Gasteiger partial charge on any atom is -0.340 e. The third kappa shape index (κ3) is 6.15. The Morgan fingerprint density at radius 1 is 0.679 bits per heavy atom. The molecule has 11 heteroatoms. The van der Waals surface area contributed by atoms with Gasteiger partial charge in [0.05, 0.1) is 28.8 Å². The van der Waals surface area contributed by atoms with Crippen LogP contribution in [0, 0.1) is 11.8 Å². The Hall–Kier alpha value is -6.08. The zero-order valence-electron chi connectivity index (χ0n) is 30.1. The molecule has 274 valence electrons. The number of hydrogen-bond acceptors (Lipinski definition) is 6. The minimum absolute atomic E-state index is 0.0992. The average Bonchev–Trinajstić information content (AvgIpc) is 4.04. The highest BCUT2D eigenvalue weighted by Gasteiger charge is 2.37. The van der Waals surface area contributed by atoms with Gasteiger partial charge in [-0.15, -0.1) is 0 Å². The van der Waals surface area contributed by atoms with Gasteiger partial charge in [0.15, 0.2) is 0 Å². The highest BCUT2D eigenvalue weighted by atomic mass is 35.5. The van der Waals surface area contributed by atoms with E-state index < -0.39 is 0 Å². The number of amides is 2. The molecule has 56 heavy (non-hydrogen) atoms. The Labute approximate surface area is 332 Å². The highest BCUT2D eigenvalue weighted by Crippen LogP contribution is 2.36. The standard InChI is InChI=1S/C45H33Cl2N7O2/c46-39-24-28-7-1-3-9-31(28)41(51-39)44(55)53-19-5-11-37(53)36-23-30-21-26(15-17-33(30)48-36)13-14-27-16-18-34-35(22-27)50-43(49-34)38-12-6-20-54(38)45(56)42-32-10-4-2-8-29(32)25-40(47)52-42/h1-4,7-10,15-18,21-22,24-25,37-38H,5-6,11-12,19-20,23H2,(H,49,50)/t37-,38-/m0/s1. The second-order valence-electron chi connectivity index (χ2n) is 14.6. The summed E-state index contributed by atoms with van der Waals surface area (Å²) < 4.78 is 0. The molecule has 3 aromatic heterocycles. The molecule has 9 nitrogen and oxygen atoms in total. The monoisotopic (exact) mass is 773 g/mol. The van der Waals surface area contributed by atoms with Crippen LogP contribution in [0.5, 0.6) is 0 Å². The van der Waals surface area contributed by atoms with Crippen LogP contribution in [0.15, 0.2) is 102 Å². The Bertz CT molecular complexity index is 2870. The SMILES string of the molecule is O=C(c1nc(Cl)cc2ccccc12)N1CCC[C@H]1C1=Nc2ccc(C#Cc3ccc4nc([C@@H]5CCCN5C(=O)c5nc(Cl)cc6ccccc56)[nH]c4c3)cc2C1. The topological polar surface area (TPSA) is 107 Å². The third-order valence-electron chi connectivity index (χ3n) is 11.1. The summed E-state index contributed by atoms with van der Waals surface area (Å²) in [6.45, 7) is 1.26. The van der Waals surface area contributed by atoms with E-state index in [1.807, 2.05) is 88.7 Å². The molecule has 0 saturated carbocycles. The van der Waals surface area contributed by atoms with Crippen LogP contribution in [0.1, 0.15) is 75.2 Å². The van der Waals surface area contributed by atoms with Crippen molar-refractivity contribution in [2.45, 2.75) is 44.2 Å². The number of hydrogen-bond donors (Lipinski definition) is 1. The lowest BCUT2D eigenvalue weighted by Gasteiger charge is -2.25. The Balaban J connectivity index is 0.851. The van der Waals surface area contributed by atoms with Gasteiger partial charge >= 0.3 is 0 Å². The molecule has 2 fully saturated rings. The van der Waals surface area contributed by atoms with Crippen LogP contribution in [-0.2, 0) is 6.42 Å². The number of nitrogens with one attached hydrogen (secondary N) is 1. The van der Waals surface area contributed by atoms with Crippen LogP contribution in [-0.4, -0.2) is 66.4 Å². The first kappa shape index (κ1) is 34.4. The zero-order chi connectivity index (χ0) is 37.9. The third-order valence-corrected chi connectivity index (χ3v) is 11.5. The Morgan fingerprint density at radius 2 is 1.27 bits per heavy atom. The Kier molecular flexibility index (Phi) is 8.54. The van der Waals surface area contributed by atoms with Gasteiger partial charge in [-0.05, 0) is 90.6 Å². The van der Waals surface area contributed by atoms with Crippen molar-refractivity contribution in [1.82, 2.24) is 29.7 Å². The summed E-state index contributed by atoms with van der Waals surface area (Å²) in [4.78, 5) is 53.9. The number of H-pyrrole nitrogens is 1. The lowest BCUT2D eigenvalue weighted by molar-refractivity contribution is 0.0725. The van der Waals surface area contributed by atoms with Gasteiger partial charge in [-0.1, -0.05) is 83.6 Å². The molecule has 0 aliphatic carbocycles. The second-order valence-corrected chi connectivity index (χ2v) is 15.3. The number of aromatic amines is 1. The normalized spacial score (nSPS) is 17.7. The van der Waals surface area contributed by atoms with Crippen LogP contribution < -0.4 is 0 Å². The fraction of sp³-hybridized carbons (Fsp3) is 0.200. The molecule has 3 aliphatic rings. The molecule has 7 aromatic rings. The summed E-state index contributed by atoms with van der Waals surface area (Å²) in [6, 6.07) is 30.7. The van der Waals surface area contributed by atoms with Crippen molar-refractivity contribution >= 4 is 79.0 Å². The van der Waals surface area contributed by atoms with E-state index in [2.05, 4.69) is 32.9 Å². The van der Waals surface area contributed by atoms with E-state index >= 15 is 0 Å². The fourth-order valence-corrected chi connectivity index (χ4v) is 8.89. The smallest absolute Gasteiger partial charge is 0.273 e. The number of likely N-dealkylation sites (tertiary alicyclic amines) is 2. The molecule has 6 heterocycles. The second kappa shape index (κ2) is 13.9. The summed E-state index contributed by atoms with van der Waals surface area (Å²) in [5, 5.41) is 3.96. The maximum absolute atomic E-state index is 13.9. The summed E-state index contributed by atoms with van der Waals surface area (Å²) in [5.74, 6) is 7.15. The maximum Gasteiger partial charge on any atom is 0.273 e. The van der Waals surface area contributed by atoms with Crippen LogP contribution in [0.4, 0.5) is 5.69 Å². The molecule has 3 aliphatic heterocycles. The molecule has 2 saturated heterocycles. The summed E-state index contributed by atoms with van der Waals surface area (Å²) in [5.41, 5.74) is 7.17. The summed E-state index contributed by atoms with van der Waals surface area (Å²) in [7, 11) is 0. The number of pyridine rings is 2. The van der Waals surface area contributed by atoms with Gasteiger partial charge in [0, 0.05) is 47.1 Å². The van der Waals surface area contributed by atoms with Crippen molar-refractivity contribution in [1.29, 1.82) is 0 Å². The van der Waals surface area contributed by atoms with Gasteiger partial charge in [-0.25, -0.2) is 15.0 Å². The number of nitrogens with zero attached hydrogens (tertiary/aromatic N) is 6. The van der Waals surface area contributed by atoms with Gasteiger partial charge in [0.1, 0.15) is 27.5 Å². The van der Waals surface area contributed by atoms with Crippen molar-refractivity contribution in [2.24, 2.45) is 4.99 Å². The number of halogens is 2. The van der Waals surface area contributed by atoms with Crippen LogP contribution in [0.25, 0.3) is 32.6 Å². The van der Waals surface area contributed by atoms with Gasteiger partial charge in [0.25, 0.3) is 11.8 Å². The Morgan fingerprint density at radius 3 is 1.95 bits per heavy atom. The number of imidazole rings is 1. The van der Waals surface area contributed by atoms with E-state index in [0.717, 1.165) is 92.2 Å². The zero-order valence-corrected chi connectivity index (χ0v) is 31.6. The molecular formula is C45H33Cl2N7O2. The van der Waals surface area contributed by atoms with E-state index in [1.165, 1.54) is 0 Å². The quantitative estimate of drug-likeness (QED) is 0.142. The first-order chi connectivity index (χ1) is 27.4. The number of aliphatic imine (C=N–C) groups is 1. The molecule has 0 unspecified atom stereocenters. The van der Waals surface area contributed by atoms with Crippen molar-refractivity contribution < 1.29 is 9.59 Å². The van der Waals surface area contributed by atoms with Crippen LogP contribution >= 0.6 is 23.2 Å². The van der Waals surface area contributed by atoms with E-state index in [0.29, 0.717) is 41.2 Å². The molecule has 2 amide bonds. The first-order valence-corrected chi connectivity index (χ1v) is 19.6. The maximum atomic E-state index is 13.9. The predicted octanol–water partition coefficient (Wildman–Crippen LogP) is 9.28. The molecule has 2 atom stereocenters. The van der Waals surface area contributed by atoms with E-state index in [-0.39, 0.29) is 23.9 Å². The average molecular weight is 775 g/mol. The fourth-order valence-electron chi connectivity index (χ4n) is 8.49. The number of rotatable bonds is 4. The van der Waals surface area contributed by atoms with E-state index in [1.54, 1.807) is 12.1 Å². The number of fused-ring (bicyclic) bond motifs is 4. The van der Waals surface area contributed by atoms with Crippen LogP contribution in [0.3, 0.4) is 0 Å². The lowest BCUT2D eigenvalue weighted by atomic mass is 10.0. The highest BCUT2D eigenvalue weighted by molar-refractivity contribution is 6.31. The number of carbonyl (C=O) groups excluding carboxylic acids is 2. The molecule has 0 bridgehead atoms. The van der Waals surface area contributed by atoms with Gasteiger partial charge in [-0.3, -0.25) is 14.6 Å². The molecule has 4 aromatic carbocycles. The number of aromatic nitrogens is 4. The first-order valence-electron chi connectivity index (χ1n) is 18.8. The van der Waals surface area contributed by atoms with Gasteiger partial charge in [0.2, 0.25) is 0 Å². The lowest BCUT2D eigenvalue weighted by Crippen LogP contribution is -2.41. The molecule has 0 radical (unpaired) electrons. The summed E-state index contributed by atoms with van der Waals surface area (Å²) in [6.07, 6.45) is 4.08. The minimum atomic E-state index is -0.203. The number of benzene rings is 4. The predicted molar refractivity (Wildman–Crippen MR) is 220 cm³/mol. The molecule has 0 spiro atoms. The largest absolute Gasteiger partial charge is 0.340 e. The van der Waals surface area contributed by atoms with Crippen molar-refractivity contribution in [3.8, 4) is 11.8 Å². The molecule has 10 rings (SSSR count). The molecular weight excluding hydrogens is 741 g/mol. The van der Waals surface area contributed by atoms with E-state index in [9.17, 15) is 9.59 Å². The summed E-state index contributed by atoms with van der Waals surface area (Å²) >= 11 is 12.7. The van der Waals surface area contributed by atoms with Crippen LogP contribution in [0.2, 0.25) is 10.3 Å². The van der Waals surface area contributed by atoms with Crippen molar-refractivity contribution in [3.05, 3.63) is 141 Å². The number of carbonyl (C=O) groups is 2. The molecule has 1 N–H and O–H groups in total. The van der Waals surface area contributed by atoms with Crippen molar-refractivity contribution in [2.75, 3.05) is 13.1 Å². The van der Waals surface area contributed by atoms with Gasteiger partial charge in [-0.2, -0.15) is 0 Å². The van der Waals surface area contributed by atoms with Crippen molar-refractivity contribution in [3.63, 3.8) is 0 Å². The van der Waals surface area contributed by atoms with E-state index in [4.69, 9.17) is 33.2 Å².